The molecule has 0 aromatic heterocycles. The maximum atomic E-state index is 12.0. The number of nitrogens with one attached hydrogen (secondary N) is 2. The van der Waals surface area contributed by atoms with Crippen molar-refractivity contribution < 1.29 is 14.7 Å². The zero-order valence-corrected chi connectivity index (χ0v) is 12.4. The standard InChI is InChI=1S/C16H22N2O3/c1-3-10(2)14(15(19)20)18-16(21)17-13-8-11-6-4-5-7-12(11)9-13/h4-7,10,13-14H,3,8-9H2,1-2H3,(H,19,20)(H2,17,18,21). The van der Waals surface area contributed by atoms with Crippen LogP contribution >= 0.6 is 0 Å². The highest BCUT2D eigenvalue weighted by atomic mass is 16.4. The van der Waals surface area contributed by atoms with Crippen molar-refractivity contribution in [1.82, 2.24) is 10.6 Å². The number of rotatable bonds is 5. The quantitative estimate of drug-likeness (QED) is 0.775. The average Bonchev–Trinajstić information content (AvgIpc) is 2.85. The molecule has 1 aromatic rings. The van der Waals surface area contributed by atoms with Crippen molar-refractivity contribution in [2.24, 2.45) is 5.92 Å². The van der Waals surface area contributed by atoms with Gasteiger partial charge in [-0.3, -0.25) is 0 Å². The Balaban J connectivity index is 1.90. The molecule has 2 unspecified atom stereocenters. The van der Waals surface area contributed by atoms with Crippen LogP contribution in [0.3, 0.4) is 0 Å². The summed E-state index contributed by atoms with van der Waals surface area (Å²) in [5.74, 6) is -1.09. The van der Waals surface area contributed by atoms with Gasteiger partial charge >= 0.3 is 12.0 Å². The highest BCUT2D eigenvalue weighted by Gasteiger charge is 2.27. The highest BCUT2D eigenvalue weighted by molar-refractivity contribution is 5.83. The van der Waals surface area contributed by atoms with Crippen molar-refractivity contribution in [1.29, 1.82) is 0 Å². The molecule has 0 aliphatic heterocycles. The number of carboxylic acids is 1. The number of aliphatic carboxylic acids is 1. The Hall–Kier alpha value is -2.04. The lowest BCUT2D eigenvalue weighted by molar-refractivity contribution is -0.140. The van der Waals surface area contributed by atoms with Gasteiger partial charge in [0.05, 0.1) is 0 Å². The van der Waals surface area contributed by atoms with Crippen LogP contribution in [-0.4, -0.2) is 29.2 Å². The van der Waals surface area contributed by atoms with E-state index in [0.717, 1.165) is 12.8 Å². The van der Waals surface area contributed by atoms with E-state index in [2.05, 4.69) is 22.8 Å². The van der Waals surface area contributed by atoms with Crippen LogP contribution in [0.1, 0.15) is 31.4 Å². The first-order chi connectivity index (χ1) is 10.0. The van der Waals surface area contributed by atoms with Gasteiger partial charge in [-0.2, -0.15) is 0 Å². The summed E-state index contributed by atoms with van der Waals surface area (Å²) in [4.78, 5) is 23.2. The molecule has 5 heteroatoms. The summed E-state index contributed by atoms with van der Waals surface area (Å²) in [5, 5.41) is 14.6. The molecule has 0 radical (unpaired) electrons. The number of amides is 2. The predicted octanol–water partition coefficient (Wildman–Crippen LogP) is 1.95. The van der Waals surface area contributed by atoms with Gasteiger partial charge in [0.1, 0.15) is 6.04 Å². The van der Waals surface area contributed by atoms with E-state index in [1.807, 2.05) is 26.0 Å². The number of carbonyl (C=O) groups is 2. The van der Waals surface area contributed by atoms with Crippen LogP contribution < -0.4 is 10.6 Å². The van der Waals surface area contributed by atoms with Crippen LogP contribution in [-0.2, 0) is 17.6 Å². The van der Waals surface area contributed by atoms with E-state index in [1.165, 1.54) is 11.1 Å². The zero-order valence-electron chi connectivity index (χ0n) is 12.4. The Bertz CT molecular complexity index is 505. The number of carbonyl (C=O) groups excluding carboxylic acids is 1. The maximum Gasteiger partial charge on any atom is 0.326 e. The normalized spacial score (nSPS) is 16.9. The number of urea groups is 1. The van der Waals surface area contributed by atoms with Crippen LogP contribution in [0, 0.1) is 5.92 Å². The summed E-state index contributed by atoms with van der Waals surface area (Å²) < 4.78 is 0. The summed E-state index contributed by atoms with van der Waals surface area (Å²) in [6.45, 7) is 3.73. The molecule has 0 heterocycles. The lowest BCUT2D eigenvalue weighted by atomic mass is 9.99. The number of carboxylic acid groups (broad SMARTS) is 1. The van der Waals surface area contributed by atoms with Crippen LogP contribution in [0.25, 0.3) is 0 Å². The third kappa shape index (κ3) is 3.74. The van der Waals surface area contributed by atoms with Crippen LogP contribution in [0.4, 0.5) is 4.79 Å². The first-order valence-corrected chi connectivity index (χ1v) is 7.37. The first-order valence-electron chi connectivity index (χ1n) is 7.37. The third-order valence-electron chi connectivity index (χ3n) is 4.15. The summed E-state index contributed by atoms with van der Waals surface area (Å²) in [7, 11) is 0. The predicted molar refractivity (Wildman–Crippen MR) is 80.2 cm³/mol. The second-order valence-electron chi connectivity index (χ2n) is 5.69. The number of fused-ring (bicyclic) bond motifs is 1. The average molecular weight is 290 g/mol. The van der Waals surface area contributed by atoms with E-state index in [0.29, 0.717) is 6.42 Å². The molecule has 0 saturated heterocycles. The summed E-state index contributed by atoms with van der Waals surface area (Å²) in [6, 6.07) is 6.89. The van der Waals surface area contributed by atoms with Gasteiger partial charge in [0.2, 0.25) is 0 Å². The molecule has 1 aromatic carbocycles. The van der Waals surface area contributed by atoms with Crippen molar-refractivity contribution in [3.8, 4) is 0 Å². The fraction of sp³-hybridized carbons (Fsp3) is 0.500. The molecule has 0 spiro atoms. The Morgan fingerprint density at radius 2 is 1.86 bits per heavy atom. The minimum atomic E-state index is -0.991. The van der Waals surface area contributed by atoms with Gasteiger partial charge in [-0.05, 0) is 29.9 Å². The number of benzene rings is 1. The molecule has 0 bridgehead atoms. The van der Waals surface area contributed by atoms with Gasteiger partial charge in [-0.25, -0.2) is 9.59 Å². The van der Waals surface area contributed by atoms with E-state index in [9.17, 15) is 14.7 Å². The lowest BCUT2D eigenvalue weighted by Crippen LogP contribution is -2.51. The lowest BCUT2D eigenvalue weighted by Gasteiger charge is -2.21. The second-order valence-corrected chi connectivity index (χ2v) is 5.69. The summed E-state index contributed by atoms with van der Waals surface area (Å²) in [6.07, 6.45) is 2.29. The van der Waals surface area contributed by atoms with Crippen LogP contribution in [0.15, 0.2) is 24.3 Å². The maximum absolute atomic E-state index is 12.0. The highest BCUT2D eigenvalue weighted by Crippen LogP contribution is 2.21. The molecule has 21 heavy (non-hydrogen) atoms. The zero-order chi connectivity index (χ0) is 15.4. The SMILES string of the molecule is CCC(C)C(NC(=O)NC1Cc2ccccc2C1)C(=O)O. The van der Waals surface area contributed by atoms with Gasteiger partial charge in [-0.1, -0.05) is 44.5 Å². The Morgan fingerprint density at radius 3 is 2.33 bits per heavy atom. The topological polar surface area (TPSA) is 78.4 Å². The van der Waals surface area contributed by atoms with E-state index < -0.39 is 18.0 Å². The first kappa shape index (κ1) is 15.4. The number of hydrogen-bond acceptors (Lipinski definition) is 2. The molecule has 2 rings (SSSR count). The molecule has 5 nitrogen and oxygen atoms in total. The molecule has 0 fully saturated rings. The molecule has 2 amide bonds. The summed E-state index contributed by atoms with van der Waals surface area (Å²) in [5.41, 5.74) is 2.50. The molecule has 1 aliphatic rings. The van der Waals surface area contributed by atoms with Crippen molar-refractivity contribution in [2.75, 3.05) is 0 Å². The third-order valence-corrected chi connectivity index (χ3v) is 4.15. The fourth-order valence-corrected chi connectivity index (χ4v) is 2.71. The van der Waals surface area contributed by atoms with Crippen molar-refractivity contribution >= 4 is 12.0 Å². The van der Waals surface area contributed by atoms with Gasteiger partial charge in [0, 0.05) is 6.04 Å². The van der Waals surface area contributed by atoms with Gasteiger partial charge in [0.25, 0.3) is 0 Å². The Morgan fingerprint density at radius 1 is 1.29 bits per heavy atom. The monoisotopic (exact) mass is 290 g/mol. The number of hydrogen-bond donors (Lipinski definition) is 3. The van der Waals surface area contributed by atoms with Gasteiger partial charge in [-0.15, -0.1) is 0 Å². The van der Waals surface area contributed by atoms with Gasteiger partial charge < -0.3 is 15.7 Å². The minimum absolute atomic E-state index is 0.0359. The van der Waals surface area contributed by atoms with Crippen molar-refractivity contribution in [3.05, 3.63) is 35.4 Å². The van der Waals surface area contributed by atoms with Crippen LogP contribution in [0.2, 0.25) is 0 Å². The second kappa shape index (κ2) is 6.61. The summed E-state index contributed by atoms with van der Waals surface area (Å²) >= 11 is 0. The molecular formula is C16H22N2O3. The molecule has 1 aliphatic carbocycles. The molecule has 3 N–H and O–H groups in total. The smallest absolute Gasteiger partial charge is 0.326 e. The molecule has 114 valence electrons. The largest absolute Gasteiger partial charge is 0.480 e. The Labute approximate surface area is 124 Å². The van der Waals surface area contributed by atoms with E-state index in [-0.39, 0.29) is 12.0 Å². The van der Waals surface area contributed by atoms with Crippen molar-refractivity contribution in [3.63, 3.8) is 0 Å². The molecule has 2 atom stereocenters. The van der Waals surface area contributed by atoms with Gasteiger partial charge in [0.15, 0.2) is 0 Å². The van der Waals surface area contributed by atoms with Crippen molar-refractivity contribution in [2.45, 2.75) is 45.2 Å². The fourth-order valence-electron chi connectivity index (χ4n) is 2.71. The van der Waals surface area contributed by atoms with E-state index >= 15 is 0 Å². The van der Waals surface area contributed by atoms with E-state index in [1.54, 1.807) is 0 Å². The Kier molecular flexibility index (Phi) is 4.83. The van der Waals surface area contributed by atoms with Crippen LogP contribution in [0.5, 0.6) is 0 Å². The molecule has 0 saturated carbocycles. The molecular weight excluding hydrogens is 268 g/mol. The van der Waals surface area contributed by atoms with E-state index in [4.69, 9.17) is 0 Å². The minimum Gasteiger partial charge on any atom is -0.480 e.